The molecule has 2 heterocycles. The number of piperidine rings is 1. The van der Waals surface area contributed by atoms with Gasteiger partial charge in [-0.3, -0.25) is 14.7 Å². The Labute approximate surface area is 186 Å². The molecule has 1 aromatic heterocycles. The molecular formula is C25H25N5O2. The van der Waals surface area contributed by atoms with E-state index in [2.05, 4.69) is 16.0 Å². The molecule has 1 aliphatic heterocycles. The van der Waals surface area contributed by atoms with E-state index in [4.69, 9.17) is 11.5 Å². The zero-order valence-electron chi connectivity index (χ0n) is 17.7. The minimum Gasteiger partial charge on any atom is -0.398 e. The second-order valence-electron chi connectivity index (χ2n) is 8.07. The predicted octanol–water partition coefficient (Wildman–Crippen LogP) is 2.93. The van der Waals surface area contributed by atoms with Gasteiger partial charge in [-0.15, -0.1) is 0 Å². The molecule has 0 saturated carbocycles. The van der Waals surface area contributed by atoms with E-state index in [0.29, 0.717) is 45.7 Å². The number of aliphatic hydroxyl groups excluding tert-OH is 1. The lowest BCUT2D eigenvalue weighted by Gasteiger charge is -2.29. The number of rotatable bonds is 5. The van der Waals surface area contributed by atoms with E-state index >= 15 is 0 Å². The van der Waals surface area contributed by atoms with Crippen molar-refractivity contribution in [3.8, 4) is 28.5 Å². The lowest BCUT2D eigenvalue weighted by atomic mass is 9.93. The lowest BCUT2D eigenvalue weighted by molar-refractivity contribution is 0.0792. The summed E-state index contributed by atoms with van der Waals surface area (Å²) in [6, 6.07) is 16.6. The SMILES string of the molecule is N#Cc1cc(CN2CCC(O)CC2)cnc1-c1ccc(C(N)=O)c(-c2ccccc2N)c1. The minimum atomic E-state index is -0.551. The van der Waals surface area contributed by atoms with Gasteiger partial charge < -0.3 is 16.6 Å². The van der Waals surface area contributed by atoms with Crippen LogP contribution in [0.15, 0.2) is 54.7 Å². The Bertz CT molecular complexity index is 1190. The Morgan fingerprint density at radius 2 is 1.91 bits per heavy atom. The second-order valence-corrected chi connectivity index (χ2v) is 8.07. The van der Waals surface area contributed by atoms with Crippen molar-refractivity contribution in [1.29, 1.82) is 5.26 Å². The minimum absolute atomic E-state index is 0.224. The smallest absolute Gasteiger partial charge is 0.249 e. The summed E-state index contributed by atoms with van der Waals surface area (Å²) in [6.07, 6.45) is 3.07. The third kappa shape index (κ3) is 4.47. The first kappa shape index (κ1) is 21.5. The summed E-state index contributed by atoms with van der Waals surface area (Å²) in [6.45, 7) is 2.32. The number of pyridine rings is 1. The Kier molecular flexibility index (Phi) is 6.17. The summed E-state index contributed by atoms with van der Waals surface area (Å²) in [4.78, 5) is 18.9. The fourth-order valence-corrected chi connectivity index (χ4v) is 4.12. The van der Waals surface area contributed by atoms with Crippen molar-refractivity contribution in [2.24, 2.45) is 5.73 Å². The zero-order chi connectivity index (χ0) is 22.7. The Morgan fingerprint density at radius 3 is 2.59 bits per heavy atom. The zero-order valence-corrected chi connectivity index (χ0v) is 17.7. The van der Waals surface area contributed by atoms with Crippen molar-refractivity contribution in [2.45, 2.75) is 25.5 Å². The molecule has 0 bridgehead atoms. The van der Waals surface area contributed by atoms with Gasteiger partial charge in [0.1, 0.15) is 6.07 Å². The summed E-state index contributed by atoms with van der Waals surface area (Å²) in [5, 5.41) is 19.5. The number of benzene rings is 2. The number of carbonyl (C=O) groups excluding carboxylic acids is 1. The molecule has 0 spiro atoms. The summed E-state index contributed by atoms with van der Waals surface area (Å²) >= 11 is 0. The molecule has 32 heavy (non-hydrogen) atoms. The van der Waals surface area contributed by atoms with E-state index in [-0.39, 0.29) is 6.10 Å². The molecular weight excluding hydrogens is 402 g/mol. The van der Waals surface area contributed by atoms with Gasteiger partial charge in [0.05, 0.1) is 17.4 Å². The van der Waals surface area contributed by atoms with Crippen LogP contribution in [-0.4, -0.2) is 40.1 Å². The van der Waals surface area contributed by atoms with Gasteiger partial charge in [0.2, 0.25) is 5.91 Å². The average Bonchev–Trinajstić information content (AvgIpc) is 2.80. The van der Waals surface area contributed by atoms with E-state index in [1.807, 2.05) is 24.3 Å². The molecule has 7 nitrogen and oxygen atoms in total. The van der Waals surface area contributed by atoms with Gasteiger partial charge >= 0.3 is 0 Å². The van der Waals surface area contributed by atoms with E-state index in [0.717, 1.165) is 31.5 Å². The molecule has 3 aromatic rings. The molecule has 162 valence electrons. The standard InChI is InChI=1S/C25H25N5O2/c26-13-18-11-16(15-30-9-7-19(31)8-10-30)14-29-24(18)17-5-6-21(25(28)32)22(12-17)20-3-1-2-4-23(20)27/h1-6,11-12,14,19,31H,7-10,15,27H2,(H2,28,32). The number of amides is 1. The summed E-state index contributed by atoms with van der Waals surface area (Å²) < 4.78 is 0. The number of carbonyl (C=O) groups is 1. The predicted molar refractivity (Wildman–Crippen MR) is 123 cm³/mol. The van der Waals surface area contributed by atoms with Gasteiger partial charge in [-0.1, -0.05) is 24.3 Å². The lowest BCUT2D eigenvalue weighted by Crippen LogP contribution is -2.35. The Morgan fingerprint density at radius 1 is 1.16 bits per heavy atom. The summed E-state index contributed by atoms with van der Waals surface area (Å²) in [5.74, 6) is -0.551. The van der Waals surface area contributed by atoms with Crippen LogP contribution in [0.3, 0.4) is 0 Å². The Hall–Kier alpha value is -3.73. The summed E-state index contributed by atoms with van der Waals surface area (Å²) in [5.41, 5.74) is 16.6. The molecule has 1 amide bonds. The maximum absolute atomic E-state index is 12.0. The normalized spacial score (nSPS) is 14.8. The van der Waals surface area contributed by atoms with E-state index < -0.39 is 5.91 Å². The van der Waals surface area contributed by atoms with Gasteiger partial charge in [0, 0.05) is 48.2 Å². The number of nitrogens with zero attached hydrogens (tertiary/aromatic N) is 3. The van der Waals surface area contributed by atoms with Crippen LogP contribution >= 0.6 is 0 Å². The highest BCUT2D eigenvalue weighted by Gasteiger charge is 2.19. The maximum Gasteiger partial charge on any atom is 0.249 e. The van der Waals surface area contributed by atoms with Gasteiger partial charge in [-0.25, -0.2) is 0 Å². The number of hydrogen-bond donors (Lipinski definition) is 3. The van der Waals surface area contributed by atoms with Crippen LogP contribution in [0.1, 0.15) is 34.3 Å². The van der Waals surface area contributed by atoms with Gasteiger partial charge in [0.25, 0.3) is 0 Å². The first-order valence-corrected chi connectivity index (χ1v) is 10.5. The third-order valence-electron chi connectivity index (χ3n) is 5.84. The molecule has 0 atom stereocenters. The van der Waals surface area contributed by atoms with Crippen molar-refractivity contribution in [3.63, 3.8) is 0 Å². The molecule has 4 rings (SSSR count). The topological polar surface area (TPSA) is 129 Å². The number of aromatic nitrogens is 1. The van der Waals surface area contributed by atoms with Crippen molar-refractivity contribution in [1.82, 2.24) is 9.88 Å². The van der Waals surface area contributed by atoms with Gasteiger partial charge in [-0.05, 0) is 48.2 Å². The van der Waals surface area contributed by atoms with Crippen LogP contribution in [0, 0.1) is 11.3 Å². The number of nitrogen functional groups attached to an aromatic ring is 1. The van der Waals surface area contributed by atoms with Crippen LogP contribution in [0.4, 0.5) is 5.69 Å². The first-order valence-electron chi connectivity index (χ1n) is 10.5. The van der Waals surface area contributed by atoms with Crippen LogP contribution in [0.2, 0.25) is 0 Å². The first-order chi connectivity index (χ1) is 15.5. The molecule has 5 N–H and O–H groups in total. The van der Waals surface area contributed by atoms with Crippen LogP contribution in [0.5, 0.6) is 0 Å². The van der Waals surface area contributed by atoms with Crippen molar-refractivity contribution in [3.05, 3.63) is 71.4 Å². The number of para-hydroxylation sites is 1. The molecule has 1 fully saturated rings. The number of anilines is 1. The highest BCUT2D eigenvalue weighted by Crippen LogP contribution is 2.33. The van der Waals surface area contributed by atoms with Crippen LogP contribution in [-0.2, 0) is 6.54 Å². The highest BCUT2D eigenvalue weighted by atomic mass is 16.3. The van der Waals surface area contributed by atoms with E-state index in [9.17, 15) is 15.2 Å². The highest BCUT2D eigenvalue weighted by molar-refractivity contribution is 6.02. The fraction of sp³-hybridized carbons (Fsp3) is 0.240. The third-order valence-corrected chi connectivity index (χ3v) is 5.84. The Balaban J connectivity index is 1.70. The number of likely N-dealkylation sites (tertiary alicyclic amines) is 1. The molecule has 0 radical (unpaired) electrons. The summed E-state index contributed by atoms with van der Waals surface area (Å²) in [7, 11) is 0. The average molecular weight is 428 g/mol. The van der Waals surface area contributed by atoms with Crippen LogP contribution < -0.4 is 11.5 Å². The monoisotopic (exact) mass is 427 g/mol. The number of nitriles is 1. The van der Waals surface area contributed by atoms with Gasteiger partial charge in [0.15, 0.2) is 0 Å². The van der Waals surface area contributed by atoms with Crippen molar-refractivity contribution >= 4 is 11.6 Å². The second kappa shape index (κ2) is 9.18. The van der Waals surface area contributed by atoms with Gasteiger partial charge in [-0.2, -0.15) is 5.26 Å². The number of hydrogen-bond acceptors (Lipinski definition) is 6. The largest absolute Gasteiger partial charge is 0.398 e. The molecule has 1 saturated heterocycles. The van der Waals surface area contributed by atoms with E-state index in [1.54, 1.807) is 30.5 Å². The molecule has 0 unspecified atom stereocenters. The quantitative estimate of drug-likeness (QED) is 0.537. The van der Waals surface area contributed by atoms with E-state index in [1.165, 1.54) is 0 Å². The fourth-order valence-electron chi connectivity index (χ4n) is 4.12. The number of primary amides is 1. The number of aliphatic hydroxyl groups is 1. The molecule has 2 aromatic carbocycles. The molecule has 0 aliphatic carbocycles. The molecule has 1 aliphatic rings. The van der Waals surface area contributed by atoms with Crippen molar-refractivity contribution < 1.29 is 9.90 Å². The van der Waals surface area contributed by atoms with Crippen LogP contribution in [0.25, 0.3) is 22.4 Å². The molecule has 7 heteroatoms. The maximum atomic E-state index is 12.0. The number of nitrogens with two attached hydrogens (primary N) is 2. The van der Waals surface area contributed by atoms with Crippen molar-refractivity contribution in [2.75, 3.05) is 18.8 Å².